The topological polar surface area (TPSA) is 75.3 Å². The summed E-state index contributed by atoms with van der Waals surface area (Å²) in [4.78, 5) is 36.8. The molecule has 6 heteroatoms. The highest BCUT2D eigenvalue weighted by atomic mass is 32.1. The molecule has 0 aliphatic carbocycles. The molecule has 0 bridgehead atoms. The van der Waals surface area contributed by atoms with Crippen LogP contribution in [0.15, 0.2) is 42.5 Å². The molecule has 23 heavy (non-hydrogen) atoms. The summed E-state index contributed by atoms with van der Waals surface area (Å²) in [7, 11) is 0. The minimum absolute atomic E-state index is 0.0503. The standard InChI is InChI=1S/C17H18N2O3S/c1-11(2)19-17(22)16(21)18-10-13-8-9-14(23-13)15(20)12-6-4-3-5-7-12/h3-9,11H,10H2,1-2H3,(H,18,21)(H,19,22). The fourth-order valence-corrected chi connectivity index (χ4v) is 2.81. The first kappa shape index (κ1) is 16.9. The lowest BCUT2D eigenvalue weighted by Crippen LogP contribution is -2.42. The van der Waals surface area contributed by atoms with Gasteiger partial charge in [0.05, 0.1) is 11.4 Å². The van der Waals surface area contributed by atoms with E-state index in [9.17, 15) is 14.4 Å². The van der Waals surface area contributed by atoms with Gasteiger partial charge in [-0.25, -0.2) is 0 Å². The quantitative estimate of drug-likeness (QED) is 0.651. The SMILES string of the molecule is CC(C)NC(=O)C(=O)NCc1ccc(C(=O)c2ccccc2)s1. The number of carbonyl (C=O) groups excluding carboxylic acids is 3. The largest absolute Gasteiger partial charge is 0.346 e. The summed E-state index contributed by atoms with van der Waals surface area (Å²) in [6.45, 7) is 3.79. The van der Waals surface area contributed by atoms with Crippen LogP contribution in [0.3, 0.4) is 0 Å². The third-order valence-corrected chi connectivity index (χ3v) is 4.05. The maximum absolute atomic E-state index is 12.3. The lowest BCUT2D eigenvalue weighted by Gasteiger charge is -2.07. The van der Waals surface area contributed by atoms with Crippen molar-refractivity contribution in [3.05, 3.63) is 57.8 Å². The lowest BCUT2D eigenvalue weighted by molar-refractivity contribution is -0.139. The number of nitrogens with one attached hydrogen (secondary N) is 2. The van der Waals surface area contributed by atoms with Gasteiger partial charge < -0.3 is 10.6 Å². The Morgan fingerprint density at radius 1 is 1.00 bits per heavy atom. The molecular formula is C17H18N2O3S. The van der Waals surface area contributed by atoms with E-state index in [4.69, 9.17) is 0 Å². The van der Waals surface area contributed by atoms with Crippen molar-refractivity contribution in [1.29, 1.82) is 0 Å². The van der Waals surface area contributed by atoms with E-state index < -0.39 is 11.8 Å². The second kappa shape index (κ2) is 7.69. The summed E-state index contributed by atoms with van der Waals surface area (Å²) in [5, 5.41) is 5.07. The average molecular weight is 330 g/mol. The van der Waals surface area contributed by atoms with Crippen LogP contribution in [0, 0.1) is 0 Å². The summed E-state index contributed by atoms with van der Waals surface area (Å²) < 4.78 is 0. The molecule has 0 aliphatic heterocycles. The third kappa shape index (κ3) is 4.75. The fraction of sp³-hybridized carbons (Fsp3) is 0.235. The molecule has 0 radical (unpaired) electrons. The number of ketones is 1. The van der Waals surface area contributed by atoms with Crippen molar-refractivity contribution in [2.75, 3.05) is 0 Å². The van der Waals surface area contributed by atoms with Gasteiger partial charge in [-0.2, -0.15) is 0 Å². The molecule has 0 aliphatic rings. The minimum atomic E-state index is -0.678. The Bertz CT molecular complexity index is 708. The predicted molar refractivity (Wildman–Crippen MR) is 89.3 cm³/mol. The van der Waals surface area contributed by atoms with Gasteiger partial charge in [-0.1, -0.05) is 30.3 Å². The fourth-order valence-electron chi connectivity index (χ4n) is 1.90. The number of hydrogen-bond acceptors (Lipinski definition) is 4. The highest BCUT2D eigenvalue weighted by Crippen LogP contribution is 2.20. The summed E-state index contributed by atoms with van der Waals surface area (Å²) >= 11 is 1.31. The van der Waals surface area contributed by atoms with E-state index in [0.29, 0.717) is 10.4 Å². The Morgan fingerprint density at radius 2 is 1.70 bits per heavy atom. The Labute approximate surface area is 138 Å². The molecule has 0 atom stereocenters. The zero-order chi connectivity index (χ0) is 16.8. The van der Waals surface area contributed by atoms with E-state index in [-0.39, 0.29) is 18.4 Å². The molecule has 1 heterocycles. The number of amides is 2. The van der Waals surface area contributed by atoms with Crippen LogP contribution in [0.2, 0.25) is 0 Å². The molecule has 0 saturated carbocycles. The van der Waals surface area contributed by atoms with Crippen molar-refractivity contribution >= 4 is 28.9 Å². The summed E-state index contributed by atoms with van der Waals surface area (Å²) in [6, 6.07) is 12.4. The molecule has 2 N–H and O–H groups in total. The highest BCUT2D eigenvalue weighted by Gasteiger charge is 2.15. The van der Waals surface area contributed by atoms with Gasteiger partial charge in [-0.05, 0) is 26.0 Å². The molecule has 1 aromatic heterocycles. The van der Waals surface area contributed by atoms with Crippen molar-refractivity contribution in [2.24, 2.45) is 0 Å². The molecule has 2 rings (SSSR count). The lowest BCUT2D eigenvalue weighted by atomic mass is 10.1. The van der Waals surface area contributed by atoms with E-state index in [0.717, 1.165) is 4.88 Å². The first-order valence-electron chi connectivity index (χ1n) is 7.24. The summed E-state index contributed by atoms with van der Waals surface area (Å²) in [5.41, 5.74) is 0.626. The summed E-state index contributed by atoms with van der Waals surface area (Å²) in [6.07, 6.45) is 0. The molecule has 0 unspecified atom stereocenters. The van der Waals surface area contributed by atoms with Gasteiger partial charge in [0.1, 0.15) is 0 Å². The molecular weight excluding hydrogens is 312 g/mol. The Kier molecular flexibility index (Phi) is 5.65. The Balaban J connectivity index is 1.94. The smallest absolute Gasteiger partial charge is 0.309 e. The highest BCUT2D eigenvalue weighted by molar-refractivity contribution is 7.14. The maximum Gasteiger partial charge on any atom is 0.309 e. The second-order valence-electron chi connectivity index (χ2n) is 5.27. The van der Waals surface area contributed by atoms with E-state index in [1.165, 1.54) is 11.3 Å². The zero-order valence-electron chi connectivity index (χ0n) is 13.0. The van der Waals surface area contributed by atoms with E-state index in [1.807, 2.05) is 18.2 Å². The maximum atomic E-state index is 12.3. The van der Waals surface area contributed by atoms with Gasteiger partial charge in [0.2, 0.25) is 5.78 Å². The Morgan fingerprint density at radius 3 is 2.35 bits per heavy atom. The van der Waals surface area contributed by atoms with Gasteiger partial charge in [0.25, 0.3) is 0 Å². The number of hydrogen-bond donors (Lipinski definition) is 2. The van der Waals surface area contributed by atoms with Gasteiger partial charge in [-0.15, -0.1) is 11.3 Å². The molecule has 120 valence electrons. The number of thiophene rings is 1. The van der Waals surface area contributed by atoms with Crippen molar-refractivity contribution in [1.82, 2.24) is 10.6 Å². The number of carbonyl (C=O) groups is 3. The van der Waals surface area contributed by atoms with Crippen LogP contribution >= 0.6 is 11.3 Å². The molecule has 0 saturated heterocycles. The van der Waals surface area contributed by atoms with Crippen LogP contribution in [0.4, 0.5) is 0 Å². The van der Waals surface area contributed by atoms with Crippen molar-refractivity contribution in [2.45, 2.75) is 26.4 Å². The van der Waals surface area contributed by atoms with Gasteiger partial charge >= 0.3 is 11.8 Å². The number of benzene rings is 1. The van der Waals surface area contributed by atoms with Gasteiger partial charge in [0.15, 0.2) is 0 Å². The van der Waals surface area contributed by atoms with Crippen molar-refractivity contribution in [3.63, 3.8) is 0 Å². The zero-order valence-corrected chi connectivity index (χ0v) is 13.8. The van der Waals surface area contributed by atoms with E-state index in [1.54, 1.807) is 38.1 Å². The normalized spacial score (nSPS) is 10.4. The molecule has 1 aromatic carbocycles. The predicted octanol–water partition coefficient (Wildman–Crippen LogP) is 2.12. The van der Waals surface area contributed by atoms with E-state index in [2.05, 4.69) is 10.6 Å². The van der Waals surface area contributed by atoms with Crippen LogP contribution in [0.5, 0.6) is 0 Å². The van der Waals surface area contributed by atoms with Gasteiger partial charge in [0, 0.05) is 16.5 Å². The van der Waals surface area contributed by atoms with Crippen LogP contribution in [0.25, 0.3) is 0 Å². The minimum Gasteiger partial charge on any atom is -0.346 e. The van der Waals surface area contributed by atoms with Crippen molar-refractivity contribution < 1.29 is 14.4 Å². The second-order valence-corrected chi connectivity index (χ2v) is 6.44. The molecule has 2 amide bonds. The average Bonchev–Trinajstić information content (AvgIpc) is 3.01. The van der Waals surface area contributed by atoms with Gasteiger partial charge in [-0.3, -0.25) is 14.4 Å². The monoisotopic (exact) mass is 330 g/mol. The van der Waals surface area contributed by atoms with Crippen LogP contribution in [-0.4, -0.2) is 23.6 Å². The van der Waals surface area contributed by atoms with Crippen LogP contribution in [-0.2, 0) is 16.1 Å². The molecule has 5 nitrogen and oxygen atoms in total. The summed E-state index contributed by atoms with van der Waals surface area (Å²) in [5.74, 6) is -1.38. The molecule has 0 spiro atoms. The van der Waals surface area contributed by atoms with E-state index >= 15 is 0 Å². The third-order valence-electron chi connectivity index (χ3n) is 2.97. The number of rotatable bonds is 5. The van der Waals surface area contributed by atoms with Crippen molar-refractivity contribution in [3.8, 4) is 0 Å². The first-order chi connectivity index (χ1) is 11.0. The van der Waals surface area contributed by atoms with Crippen LogP contribution in [0.1, 0.15) is 34.0 Å². The van der Waals surface area contributed by atoms with Crippen LogP contribution < -0.4 is 10.6 Å². The first-order valence-corrected chi connectivity index (χ1v) is 8.06. The Hall–Kier alpha value is -2.47. The molecule has 0 fully saturated rings. The molecule has 2 aromatic rings.